The van der Waals surface area contributed by atoms with Crippen LogP contribution in [-0.2, 0) is 4.79 Å². The van der Waals surface area contributed by atoms with E-state index >= 15 is 0 Å². The minimum atomic E-state index is -0.838. The van der Waals surface area contributed by atoms with Crippen molar-refractivity contribution in [1.29, 1.82) is 5.26 Å². The van der Waals surface area contributed by atoms with Gasteiger partial charge in [-0.25, -0.2) is 9.97 Å². The molecule has 0 saturated heterocycles. The van der Waals surface area contributed by atoms with Crippen LogP contribution in [0.25, 0.3) is 0 Å². The molecule has 1 amide bonds. The van der Waals surface area contributed by atoms with Crippen molar-refractivity contribution in [3.63, 3.8) is 0 Å². The monoisotopic (exact) mass is 264 g/mol. The highest BCUT2D eigenvalue weighted by Crippen LogP contribution is 2.16. The van der Waals surface area contributed by atoms with Crippen LogP contribution in [0.4, 0.5) is 0 Å². The molecule has 18 heavy (non-hydrogen) atoms. The first kappa shape index (κ1) is 14.5. The first-order chi connectivity index (χ1) is 8.48. The number of amides is 1. The van der Waals surface area contributed by atoms with Gasteiger partial charge in [-0.2, -0.15) is 5.26 Å². The van der Waals surface area contributed by atoms with Crippen molar-refractivity contribution in [2.45, 2.75) is 31.5 Å². The van der Waals surface area contributed by atoms with E-state index in [9.17, 15) is 4.79 Å². The number of carbonyl (C=O) groups excluding carboxylic acids is 1. The maximum absolute atomic E-state index is 11.8. The van der Waals surface area contributed by atoms with Crippen LogP contribution in [0.5, 0.6) is 0 Å². The van der Waals surface area contributed by atoms with Crippen LogP contribution >= 0.6 is 11.8 Å². The summed E-state index contributed by atoms with van der Waals surface area (Å²) in [7, 11) is 0. The zero-order valence-electron chi connectivity index (χ0n) is 10.7. The molecule has 0 aliphatic carbocycles. The van der Waals surface area contributed by atoms with Crippen LogP contribution in [0.15, 0.2) is 23.6 Å². The molecular formula is C12H16N4OS. The van der Waals surface area contributed by atoms with Gasteiger partial charge in [-0.1, -0.05) is 25.6 Å². The van der Waals surface area contributed by atoms with Gasteiger partial charge >= 0.3 is 0 Å². The van der Waals surface area contributed by atoms with E-state index in [0.29, 0.717) is 5.16 Å². The summed E-state index contributed by atoms with van der Waals surface area (Å²) in [4.78, 5) is 19.8. The summed E-state index contributed by atoms with van der Waals surface area (Å²) >= 11 is 1.25. The molecule has 0 saturated carbocycles. The lowest BCUT2D eigenvalue weighted by Gasteiger charge is -2.27. The SMILES string of the molecule is CC(C)C(C)(C#N)NC(=O)CSc1ncccn1. The summed E-state index contributed by atoms with van der Waals surface area (Å²) in [5.41, 5.74) is -0.838. The lowest BCUT2D eigenvalue weighted by atomic mass is 9.90. The van der Waals surface area contributed by atoms with Crippen LogP contribution in [0.1, 0.15) is 20.8 Å². The van der Waals surface area contributed by atoms with Crippen LogP contribution in [0.2, 0.25) is 0 Å². The highest BCUT2D eigenvalue weighted by Gasteiger charge is 2.29. The normalized spacial score (nSPS) is 13.7. The molecule has 0 radical (unpaired) electrons. The number of carbonyl (C=O) groups is 1. The van der Waals surface area contributed by atoms with Gasteiger partial charge in [0.1, 0.15) is 5.54 Å². The van der Waals surface area contributed by atoms with Gasteiger partial charge < -0.3 is 5.32 Å². The van der Waals surface area contributed by atoms with Crippen LogP contribution in [-0.4, -0.2) is 27.2 Å². The Hall–Kier alpha value is -1.61. The predicted octanol–water partition coefficient (Wildman–Crippen LogP) is 1.62. The Labute approximate surface area is 111 Å². The fraction of sp³-hybridized carbons (Fsp3) is 0.500. The molecule has 6 heteroatoms. The van der Waals surface area contributed by atoms with Crippen LogP contribution in [0.3, 0.4) is 0 Å². The highest BCUT2D eigenvalue weighted by molar-refractivity contribution is 7.99. The molecule has 0 aromatic carbocycles. The maximum atomic E-state index is 11.8. The fourth-order valence-electron chi connectivity index (χ4n) is 1.12. The molecule has 0 fully saturated rings. The van der Waals surface area contributed by atoms with Gasteiger partial charge in [0.15, 0.2) is 5.16 Å². The van der Waals surface area contributed by atoms with E-state index in [1.165, 1.54) is 11.8 Å². The zero-order chi connectivity index (χ0) is 13.6. The van der Waals surface area contributed by atoms with E-state index in [1.54, 1.807) is 25.4 Å². The van der Waals surface area contributed by atoms with Gasteiger partial charge in [-0.05, 0) is 18.9 Å². The first-order valence-electron chi connectivity index (χ1n) is 5.60. The second kappa shape index (κ2) is 6.36. The summed E-state index contributed by atoms with van der Waals surface area (Å²) in [5, 5.41) is 12.4. The number of thioether (sulfide) groups is 1. The Kier molecular flexibility index (Phi) is 5.10. The van der Waals surface area contributed by atoms with Gasteiger partial charge in [0.2, 0.25) is 5.91 Å². The van der Waals surface area contributed by atoms with Crippen molar-refractivity contribution in [3.8, 4) is 6.07 Å². The Morgan fingerprint density at radius 1 is 1.56 bits per heavy atom. The molecule has 0 aliphatic heterocycles. The molecule has 96 valence electrons. The summed E-state index contributed by atoms with van der Waals surface area (Å²) in [6.07, 6.45) is 3.25. The standard InChI is InChI=1S/C12H16N4OS/c1-9(2)12(3,8-13)16-10(17)7-18-11-14-5-4-6-15-11/h4-6,9H,7H2,1-3H3,(H,16,17). The number of hydrogen-bond acceptors (Lipinski definition) is 5. The largest absolute Gasteiger partial charge is 0.337 e. The Bertz CT molecular complexity index is 443. The number of nitrogens with zero attached hydrogens (tertiary/aromatic N) is 3. The molecule has 1 N–H and O–H groups in total. The van der Waals surface area contributed by atoms with Crippen molar-refractivity contribution in [2.75, 3.05) is 5.75 Å². The van der Waals surface area contributed by atoms with Crippen molar-refractivity contribution in [3.05, 3.63) is 18.5 Å². The van der Waals surface area contributed by atoms with Gasteiger partial charge in [0.05, 0.1) is 11.8 Å². The zero-order valence-corrected chi connectivity index (χ0v) is 11.5. The molecule has 5 nitrogen and oxygen atoms in total. The van der Waals surface area contributed by atoms with E-state index in [1.807, 2.05) is 13.8 Å². The van der Waals surface area contributed by atoms with Gasteiger partial charge in [-0.15, -0.1) is 0 Å². The third-order valence-corrected chi connectivity index (χ3v) is 3.54. The van der Waals surface area contributed by atoms with Gasteiger partial charge in [0.25, 0.3) is 0 Å². The van der Waals surface area contributed by atoms with Crippen LogP contribution < -0.4 is 5.32 Å². The van der Waals surface area contributed by atoms with Crippen molar-refractivity contribution >= 4 is 17.7 Å². The van der Waals surface area contributed by atoms with E-state index in [4.69, 9.17) is 5.26 Å². The Morgan fingerprint density at radius 3 is 2.67 bits per heavy atom. The van der Waals surface area contributed by atoms with Crippen molar-refractivity contribution in [2.24, 2.45) is 5.92 Å². The summed E-state index contributed by atoms with van der Waals surface area (Å²) in [6, 6.07) is 3.85. The summed E-state index contributed by atoms with van der Waals surface area (Å²) in [6.45, 7) is 5.52. The molecule has 0 spiro atoms. The fourth-order valence-corrected chi connectivity index (χ4v) is 1.72. The van der Waals surface area contributed by atoms with Gasteiger partial charge in [0, 0.05) is 12.4 Å². The minimum Gasteiger partial charge on any atom is -0.337 e. The molecule has 0 bridgehead atoms. The van der Waals surface area contributed by atoms with Crippen LogP contribution in [0, 0.1) is 17.2 Å². The molecule has 1 atom stereocenters. The van der Waals surface area contributed by atoms with E-state index < -0.39 is 5.54 Å². The third kappa shape index (κ3) is 4.00. The van der Waals surface area contributed by atoms with Gasteiger partial charge in [-0.3, -0.25) is 4.79 Å². The summed E-state index contributed by atoms with van der Waals surface area (Å²) in [5.74, 6) is 0.0585. The maximum Gasteiger partial charge on any atom is 0.231 e. The molecule has 1 rings (SSSR count). The summed E-state index contributed by atoms with van der Waals surface area (Å²) < 4.78 is 0. The number of aromatic nitrogens is 2. The second-order valence-corrected chi connectivity index (χ2v) is 5.28. The molecule has 1 aromatic heterocycles. The van der Waals surface area contributed by atoms with Crippen molar-refractivity contribution in [1.82, 2.24) is 15.3 Å². The quantitative estimate of drug-likeness (QED) is 0.646. The Balaban J connectivity index is 2.50. The molecule has 0 aliphatic rings. The molecular weight excluding hydrogens is 248 g/mol. The number of nitriles is 1. The average molecular weight is 264 g/mol. The number of rotatable bonds is 5. The van der Waals surface area contributed by atoms with E-state index in [-0.39, 0.29) is 17.6 Å². The smallest absolute Gasteiger partial charge is 0.231 e. The second-order valence-electron chi connectivity index (χ2n) is 4.34. The first-order valence-corrected chi connectivity index (χ1v) is 6.58. The lowest BCUT2D eigenvalue weighted by molar-refractivity contribution is -0.120. The topological polar surface area (TPSA) is 78.7 Å². The van der Waals surface area contributed by atoms with E-state index in [0.717, 1.165) is 0 Å². The third-order valence-electron chi connectivity index (χ3n) is 2.66. The highest BCUT2D eigenvalue weighted by atomic mass is 32.2. The van der Waals surface area contributed by atoms with E-state index in [2.05, 4.69) is 21.4 Å². The molecule has 1 heterocycles. The molecule has 1 aromatic rings. The van der Waals surface area contributed by atoms with Crippen molar-refractivity contribution < 1.29 is 4.79 Å². The number of nitrogens with one attached hydrogen (secondary N) is 1. The predicted molar refractivity (Wildman–Crippen MR) is 69.8 cm³/mol. The molecule has 1 unspecified atom stereocenters. The minimum absolute atomic E-state index is 0.0458. The average Bonchev–Trinajstić information content (AvgIpc) is 2.37. The Morgan fingerprint density at radius 2 is 2.17 bits per heavy atom. The lowest BCUT2D eigenvalue weighted by Crippen LogP contribution is -2.49. The number of hydrogen-bond donors (Lipinski definition) is 1.